The standard InChI is InChI=1S/C15H22BrNO/c1-2-3-4-5-6-7-11-15(18)17-14-10-8-9-13(16)12-14/h8-10,12H,2-7,11H2,1H3,(H,17,18). The minimum atomic E-state index is 0.114. The Bertz CT molecular complexity index is 365. The lowest BCUT2D eigenvalue weighted by Crippen LogP contribution is -2.10. The summed E-state index contributed by atoms with van der Waals surface area (Å²) in [5.74, 6) is 0.114. The van der Waals surface area contributed by atoms with Gasteiger partial charge in [-0.15, -0.1) is 0 Å². The number of carbonyl (C=O) groups is 1. The molecule has 0 heterocycles. The van der Waals surface area contributed by atoms with Gasteiger partial charge in [0.15, 0.2) is 0 Å². The van der Waals surface area contributed by atoms with E-state index in [9.17, 15) is 4.79 Å². The zero-order valence-electron chi connectivity index (χ0n) is 11.0. The molecule has 0 unspecified atom stereocenters. The Morgan fingerprint density at radius 3 is 2.61 bits per heavy atom. The van der Waals surface area contributed by atoms with E-state index in [4.69, 9.17) is 0 Å². The van der Waals surface area contributed by atoms with E-state index in [-0.39, 0.29) is 5.91 Å². The normalized spacial score (nSPS) is 10.3. The molecule has 0 saturated heterocycles. The van der Waals surface area contributed by atoms with Gasteiger partial charge in [-0.3, -0.25) is 4.79 Å². The van der Waals surface area contributed by atoms with Crippen LogP contribution in [0.3, 0.4) is 0 Å². The van der Waals surface area contributed by atoms with E-state index >= 15 is 0 Å². The average molecular weight is 312 g/mol. The monoisotopic (exact) mass is 311 g/mol. The van der Waals surface area contributed by atoms with Crippen molar-refractivity contribution >= 4 is 27.5 Å². The highest BCUT2D eigenvalue weighted by Crippen LogP contribution is 2.16. The van der Waals surface area contributed by atoms with Crippen LogP contribution in [0.4, 0.5) is 5.69 Å². The summed E-state index contributed by atoms with van der Waals surface area (Å²) in [4.78, 5) is 11.7. The second kappa shape index (κ2) is 9.15. The Morgan fingerprint density at radius 1 is 1.17 bits per heavy atom. The fraction of sp³-hybridized carbons (Fsp3) is 0.533. The van der Waals surface area contributed by atoms with Crippen LogP contribution < -0.4 is 5.32 Å². The van der Waals surface area contributed by atoms with Crippen LogP contribution in [0.5, 0.6) is 0 Å². The third kappa shape index (κ3) is 6.80. The van der Waals surface area contributed by atoms with Crippen LogP contribution in [-0.4, -0.2) is 5.91 Å². The molecule has 3 heteroatoms. The maximum atomic E-state index is 11.7. The second-order valence-electron chi connectivity index (χ2n) is 4.58. The summed E-state index contributed by atoms with van der Waals surface area (Å²) in [6, 6.07) is 7.69. The number of hydrogen-bond donors (Lipinski definition) is 1. The minimum Gasteiger partial charge on any atom is -0.326 e. The fourth-order valence-corrected chi connectivity index (χ4v) is 2.25. The smallest absolute Gasteiger partial charge is 0.224 e. The Labute approximate surface area is 118 Å². The van der Waals surface area contributed by atoms with E-state index in [1.54, 1.807) is 0 Å². The van der Waals surface area contributed by atoms with Crippen LogP contribution in [0.25, 0.3) is 0 Å². The van der Waals surface area contributed by atoms with Crippen molar-refractivity contribution in [3.8, 4) is 0 Å². The highest BCUT2D eigenvalue weighted by atomic mass is 79.9. The van der Waals surface area contributed by atoms with Gasteiger partial charge in [0.05, 0.1) is 0 Å². The molecule has 100 valence electrons. The Balaban J connectivity index is 2.14. The van der Waals surface area contributed by atoms with Crippen molar-refractivity contribution in [3.63, 3.8) is 0 Å². The number of benzene rings is 1. The van der Waals surface area contributed by atoms with Crippen molar-refractivity contribution in [3.05, 3.63) is 28.7 Å². The molecule has 1 aromatic carbocycles. The highest BCUT2D eigenvalue weighted by Gasteiger charge is 2.02. The molecule has 2 nitrogen and oxygen atoms in total. The van der Waals surface area contributed by atoms with Gasteiger partial charge in [0, 0.05) is 16.6 Å². The van der Waals surface area contributed by atoms with Crippen molar-refractivity contribution in [2.45, 2.75) is 51.9 Å². The minimum absolute atomic E-state index is 0.114. The molecule has 1 aromatic rings. The predicted octanol–water partition coefficient (Wildman–Crippen LogP) is 5.14. The topological polar surface area (TPSA) is 29.1 Å². The first kappa shape index (κ1) is 15.2. The Hall–Kier alpha value is -0.830. The predicted molar refractivity (Wildman–Crippen MR) is 80.8 cm³/mol. The Morgan fingerprint density at radius 2 is 1.89 bits per heavy atom. The molecule has 1 amide bonds. The van der Waals surface area contributed by atoms with Gasteiger partial charge in [0.2, 0.25) is 5.91 Å². The van der Waals surface area contributed by atoms with Crippen molar-refractivity contribution < 1.29 is 4.79 Å². The number of amides is 1. The average Bonchev–Trinajstić information content (AvgIpc) is 2.33. The number of unbranched alkanes of at least 4 members (excludes halogenated alkanes) is 5. The van der Waals surface area contributed by atoms with Gasteiger partial charge < -0.3 is 5.32 Å². The largest absolute Gasteiger partial charge is 0.326 e. The van der Waals surface area contributed by atoms with E-state index in [0.29, 0.717) is 6.42 Å². The molecule has 0 spiro atoms. The first-order valence-electron chi connectivity index (χ1n) is 6.78. The molecule has 0 aliphatic carbocycles. The first-order valence-corrected chi connectivity index (χ1v) is 7.57. The van der Waals surface area contributed by atoms with Gasteiger partial charge in [-0.25, -0.2) is 0 Å². The highest BCUT2D eigenvalue weighted by molar-refractivity contribution is 9.10. The maximum absolute atomic E-state index is 11.7. The van der Waals surface area contributed by atoms with Crippen LogP contribution >= 0.6 is 15.9 Å². The van der Waals surface area contributed by atoms with Gasteiger partial charge in [-0.05, 0) is 24.6 Å². The summed E-state index contributed by atoms with van der Waals surface area (Å²) in [6.07, 6.45) is 7.89. The number of carbonyl (C=O) groups excluding carboxylic acids is 1. The molecule has 1 rings (SSSR count). The van der Waals surface area contributed by atoms with Crippen LogP contribution in [0.1, 0.15) is 51.9 Å². The summed E-state index contributed by atoms with van der Waals surface area (Å²) >= 11 is 3.39. The van der Waals surface area contributed by atoms with Gasteiger partial charge in [-0.2, -0.15) is 0 Å². The summed E-state index contributed by atoms with van der Waals surface area (Å²) < 4.78 is 0.986. The number of hydrogen-bond acceptors (Lipinski definition) is 1. The van der Waals surface area contributed by atoms with Gasteiger partial charge in [-0.1, -0.05) is 61.0 Å². The quantitative estimate of drug-likeness (QED) is 0.662. The van der Waals surface area contributed by atoms with Crippen LogP contribution in [0.2, 0.25) is 0 Å². The van der Waals surface area contributed by atoms with Crippen molar-refractivity contribution in [1.82, 2.24) is 0 Å². The summed E-state index contributed by atoms with van der Waals surface area (Å²) in [5, 5.41) is 2.92. The number of anilines is 1. The zero-order valence-corrected chi connectivity index (χ0v) is 12.6. The lowest BCUT2D eigenvalue weighted by molar-refractivity contribution is -0.116. The van der Waals surface area contributed by atoms with Crippen LogP contribution in [-0.2, 0) is 4.79 Å². The van der Waals surface area contributed by atoms with Gasteiger partial charge >= 0.3 is 0 Å². The molecular weight excluding hydrogens is 290 g/mol. The van der Waals surface area contributed by atoms with E-state index in [1.807, 2.05) is 24.3 Å². The van der Waals surface area contributed by atoms with Gasteiger partial charge in [0.1, 0.15) is 0 Å². The van der Waals surface area contributed by atoms with Crippen molar-refractivity contribution in [1.29, 1.82) is 0 Å². The van der Waals surface area contributed by atoms with Crippen LogP contribution in [0, 0.1) is 0 Å². The first-order chi connectivity index (χ1) is 8.72. The van der Waals surface area contributed by atoms with Crippen molar-refractivity contribution in [2.75, 3.05) is 5.32 Å². The fourth-order valence-electron chi connectivity index (χ4n) is 1.86. The molecule has 18 heavy (non-hydrogen) atoms. The maximum Gasteiger partial charge on any atom is 0.224 e. The van der Waals surface area contributed by atoms with E-state index in [2.05, 4.69) is 28.2 Å². The Kier molecular flexibility index (Phi) is 7.74. The van der Waals surface area contributed by atoms with Gasteiger partial charge in [0.25, 0.3) is 0 Å². The lowest BCUT2D eigenvalue weighted by atomic mass is 10.1. The molecule has 1 N–H and O–H groups in total. The second-order valence-corrected chi connectivity index (χ2v) is 5.49. The van der Waals surface area contributed by atoms with Crippen molar-refractivity contribution in [2.24, 2.45) is 0 Å². The van der Waals surface area contributed by atoms with E-state index in [0.717, 1.165) is 23.0 Å². The van der Waals surface area contributed by atoms with E-state index in [1.165, 1.54) is 25.7 Å². The number of nitrogens with one attached hydrogen (secondary N) is 1. The summed E-state index contributed by atoms with van der Waals surface area (Å²) in [5.41, 5.74) is 0.861. The molecule has 0 aliphatic rings. The third-order valence-corrected chi connectivity index (χ3v) is 3.36. The summed E-state index contributed by atoms with van der Waals surface area (Å²) in [6.45, 7) is 2.21. The zero-order chi connectivity index (χ0) is 13.2. The molecule has 0 bridgehead atoms. The number of rotatable bonds is 8. The van der Waals surface area contributed by atoms with E-state index < -0.39 is 0 Å². The molecule has 0 fully saturated rings. The molecular formula is C15H22BrNO. The SMILES string of the molecule is CCCCCCCCC(=O)Nc1cccc(Br)c1. The molecule has 0 atom stereocenters. The lowest BCUT2D eigenvalue weighted by Gasteiger charge is -2.05. The third-order valence-electron chi connectivity index (χ3n) is 2.87. The molecule has 0 radical (unpaired) electrons. The molecule has 0 aromatic heterocycles. The molecule has 0 saturated carbocycles. The van der Waals surface area contributed by atoms with Crippen LogP contribution in [0.15, 0.2) is 28.7 Å². The molecule has 0 aliphatic heterocycles. The number of halogens is 1. The summed E-state index contributed by atoms with van der Waals surface area (Å²) in [7, 11) is 0.